The third-order valence-electron chi connectivity index (χ3n) is 3.92. The predicted octanol–water partition coefficient (Wildman–Crippen LogP) is 1.93. The van der Waals surface area contributed by atoms with Gasteiger partial charge in [0.1, 0.15) is 11.2 Å². The van der Waals surface area contributed by atoms with Gasteiger partial charge in [-0.15, -0.1) is 10.2 Å². The SMILES string of the molecule is COc1cc(/C(=N\N)c2nnc3c(n2)[nH]c2ccccc23)ccc1O. The van der Waals surface area contributed by atoms with Crippen LogP contribution in [0.25, 0.3) is 22.1 Å². The molecule has 0 atom stereocenters. The standard InChI is InChI=1S/C17H14N6O2/c1-25-13-8-9(6-7-12(13)24)14(21-18)17-20-16-15(22-23-17)10-4-2-3-5-11(10)19-16/h2-8,24H,18H2,1H3,(H,19,20,23)/b21-14+. The fraction of sp³-hybridized carbons (Fsp3) is 0.0588. The summed E-state index contributed by atoms with van der Waals surface area (Å²) in [6.45, 7) is 0. The van der Waals surface area contributed by atoms with Crippen LogP contribution in [0.5, 0.6) is 11.5 Å². The normalized spacial score (nSPS) is 12.0. The molecule has 8 heteroatoms. The molecule has 4 rings (SSSR count). The number of methoxy groups -OCH3 is 1. The second kappa shape index (κ2) is 5.75. The number of ether oxygens (including phenoxy) is 1. The molecule has 124 valence electrons. The van der Waals surface area contributed by atoms with Gasteiger partial charge in [-0.3, -0.25) is 0 Å². The van der Waals surface area contributed by atoms with Crippen LogP contribution in [0.4, 0.5) is 0 Å². The number of benzene rings is 2. The first-order chi connectivity index (χ1) is 12.2. The van der Waals surface area contributed by atoms with Gasteiger partial charge in [0.15, 0.2) is 17.1 Å². The zero-order valence-electron chi connectivity index (χ0n) is 13.3. The van der Waals surface area contributed by atoms with E-state index in [4.69, 9.17) is 10.6 Å². The van der Waals surface area contributed by atoms with Gasteiger partial charge in [0.05, 0.1) is 7.11 Å². The molecular formula is C17H14N6O2. The van der Waals surface area contributed by atoms with Crippen LogP contribution >= 0.6 is 0 Å². The predicted molar refractivity (Wildman–Crippen MR) is 93.7 cm³/mol. The number of phenolic OH excluding ortho intramolecular Hbond substituents is 1. The van der Waals surface area contributed by atoms with E-state index in [0.29, 0.717) is 28.2 Å². The molecule has 0 saturated carbocycles. The van der Waals surface area contributed by atoms with Crippen molar-refractivity contribution >= 4 is 27.8 Å². The lowest BCUT2D eigenvalue weighted by Crippen LogP contribution is -2.12. The Morgan fingerprint density at radius 3 is 2.84 bits per heavy atom. The maximum absolute atomic E-state index is 9.74. The van der Waals surface area contributed by atoms with Gasteiger partial charge in [-0.2, -0.15) is 5.10 Å². The summed E-state index contributed by atoms with van der Waals surface area (Å²) in [6, 6.07) is 12.5. The Morgan fingerprint density at radius 2 is 2.04 bits per heavy atom. The number of hydrogen-bond donors (Lipinski definition) is 3. The van der Waals surface area contributed by atoms with Gasteiger partial charge in [-0.05, 0) is 24.3 Å². The largest absolute Gasteiger partial charge is 0.504 e. The highest BCUT2D eigenvalue weighted by Gasteiger charge is 2.16. The fourth-order valence-corrected chi connectivity index (χ4v) is 2.71. The lowest BCUT2D eigenvalue weighted by Gasteiger charge is -2.07. The molecule has 0 radical (unpaired) electrons. The van der Waals surface area contributed by atoms with E-state index >= 15 is 0 Å². The molecule has 0 unspecified atom stereocenters. The van der Waals surface area contributed by atoms with Crippen molar-refractivity contribution < 1.29 is 9.84 Å². The molecule has 2 aromatic carbocycles. The molecule has 0 spiro atoms. The summed E-state index contributed by atoms with van der Waals surface area (Å²) in [7, 11) is 1.46. The third kappa shape index (κ3) is 2.40. The van der Waals surface area contributed by atoms with E-state index in [0.717, 1.165) is 10.9 Å². The molecule has 0 bridgehead atoms. The van der Waals surface area contributed by atoms with Crippen LogP contribution in [0.1, 0.15) is 11.4 Å². The first-order valence-electron chi connectivity index (χ1n) is 7.48. The van der Waals surface area contributed by atoms with Crippen molar-refractivity contribution in [3.8, 4) is 11.5 Å². The molecule has 2 heterocycles. The Labute approximate surface area is 142 Å². The summed E-state index contributed by atoms with van der Waals surface area (Å²) < 4.78 is 5.12. The van der Waals surface area contributed by atoms with Crippen molar-refractivity contribution in [2.75, 3.05) is 7.11 Å². The minimum absolute atomic E-state index is 0.0211. The van der Waals surface area contributed by atoms with Gasteiger partial charge in [-0.25, -0.2) is 4.98 Å². The molecule has 0 aliphatic carbocycles. The summed E-state index contributed by atoms with van der Waals surface area (Å²) in [5, 5.41) is 22.9. The smallest absolute Gasteiger partial charge is 0.204 e. The topological polar surface area (TPSA) is 122 Å². The monoisotopic (exact) mass is 334 g/mol. The fourth-order valence-electron chi connectivity index (χ4n) is 2.71. The second-order valence-corrected chi connectivity index (χ2v) is 5.37. The Bertz CT molecular complexity index is 1120. The zero-order valence-corrected chi connectivity index (χ0v) is 13.3. The van der Waals surface area contributed by atoms with Crippen molar-refractivity contribution in [1.29, 1.82) is 0 Å². The number of nitrogens with two attached hydrogens (primary N) is 1. The maximum atomic E-state index is 9.74. The number of aromatic amines is 1. The number of aromatic nitrogens is 4. The molecule has 25 heavy (non-hydrogen) atoms. The van der Waals surface area contributed by atoms with Gasteiger partial charge in [0, 0.05) is 16.5 Å². The van der Waals surface area contributed by atoms with Crippen LogP contribution in [0, 0.1) is 0 Å². The van der Waals surface area contributed by atoms with Gasteiger partial charge >= 0.3 is 0 Å². The van der Waals surface area contributed by atoms with Gasteiger partial charge < -0.3 is 20.7 Å². The third-order valence-corrected chi connectivity index (χ3v) is 3.92. The molecule has 0 saturated heterocycles. The molecule has 0 fully saturated rings. The second-order valence-electron chi connectivity index (χ2n) is 5.37. The van der Waals surface area contributed by atoms with E-state index < -0.39 is 0 Å². The van der Waals surface area contributed by atoms with Crippen molar-refractivity contribution in [2.45, 2.75) is 0 Å². The van der Waals surface area contributed by atoms with Gasteiger partial charge in [0.2, 0.25) is 5.82 Å². The Balaban J connectivity index is 1.85. The summed E-state index contributed by atoms with van der Waals surface area (Å²) in [6.07, 6.45) is 0. The quantitative estimate of drug-likeness (QED) is 0.299. The van der Waals surface area contributed by atoms with Crippen LogP contribution in [-0.4, -0.2) is 38.1 Å². The number of phenols is 1. The Morgan fingerprint density at radius 1 is 1.20 bits per heavy atom. The van der Waals surface area contributed by atoms with E-state index in [9.17, 15) is 5.11 Å². The summed E-state index contributed by atoms with van der Waals surface area (Å²) >= 11 is 0. The van der Waals surface area contributed by atoms with E-state index in [2.05, 4.69) is 25.3 Å². The van der Waals surface area contributed by atoms with Crippen molar-refractivity contribution in [1.82, 2.24) is 20.2 Å². The molecular weight excluding hydrogens is 320 g/mol. The Hall–Kier alpha value is -3.68. The van der Waals surface area contributed by atoms with E-state index in [-0.39, 0.29) is 11.6 Å². The highest BCUT2D eigenvalue weighted by Crippen LogP contribution is 2.27. The molecule has 4 N–H and O–H groups in total. The molecule has 8 nitrogen and oxygen atoms in total. The molecule has 0 aliphatic rings. The van der Waals surface area contributed by atoms with Crippen molar-refractivity contribution in [3.63, 3.8) is 0 Å². The van der Waals surface area contributed by atoms with Crippen molar-refractivity contribution in [3.05, 3.63) is 53.9 Å². The number of rotatable bonds is 3. The zero-order chi connectivity index (χ0) is 17.4. The summed E-state index contributed by atoms with van der Waals surface area (Å²) in [5.74, 6) is 6.15. The van der Waals surface area contributed by atoms with E-state index in [1.165, 1.54) is 13.2 Å². The number of H-pyrrole nitrogens is 1. The lowest BCUT2D eigenvalue weighted by atomic mass is 10.1. The minimum atomic E-state index is 0.0211. The number of fused-ring (bicyclic) bond motifs is 3. The number of hydrazone groups is 1. The number of hydrogen-bond acceptors (Lipinski definition) is 7. The molecule has 0 amide bonds. The van der Waals surface area contributed by atoms with E-state index in [1.807, 2.05) is 24.3 Å². The average Bonchev–Trinajstić information content (AvgIpc) is 3.01. The van der Waals surface area contributed by atoms with Gasteiger partial charge in [-0.1, -0.05) is 18.2 Å². The average molecular weight is 334 g/mol. The van der Waals surface area contributed by atoms with Crippen LogP contribution < -0.4 is 10.6 Å². The van der Waals surface area contributed by atoms with Crippen molar-refractivity contribution in [2.24, 2.45) is 10.9 Å². The summed E-state index contributed by atoms with van der Waals surface area (Å²) in [4.78, 5) is 7.70. The maximum Gasteiger partial charge on any atom is 0.204 e. The highest BCUT2D eigenvalue weighted by molar-refractivity contribution is 6.12. The minimum Gasteiger partial charge on any atom is -0.504 e. The van der Waals surface area contributed by atoms with Crippen LogP contribution in [0.15, 0.2) is 47.6 Å². The highest BCUT2D eigenvalue weighted by atomic mass is 16.5. The number of aromatic hydroxyl groups is 1. The molecule has 4 aromatic rings. The van der Waals surface area contributed by atoms with Crippen LogP contribution in [-0.2, 0) is 0 Å². The lowest BCUT2D eigenvalue weighted by molar-refractivity contribution is 0.373. The number of nitrogens with zero attached hydrogens (tertiary/aromatic N) is 4. The number of para-hydroxylation sites is 1. The van der Waals surface area contributed by atoms with E-state index in [1.54, 1.807) is 12.1 Å². The summed E-state index contributed by atoms with van der Waals surface area (Å²) in [5.41, 5.74) is 3.15. The number of nitrogens with one attached hydrogen (secondary N) is 1. The molecule has 0 aliphatic heterocycles. The van der Waals surface area contributed by atoms with Crippen LogP contribution in [0.2, 0.25) is 0 Å². The van der Waals surface area contributed by atoms with Crippen LogP contribution in [0.3, 0.4) is 0 Å². The first-order valence-corrected chi connectivity index (χ1v) is 7.48. The Kier molecular flexibility index (Phi) is 3.42. The molecule has 2 aromatic heterocycles. The van der Waals surface area contributed by atoms with Gasteiger partial charge in [0.25, 0.3) is 0 Å². The first kappa shape index (κ1) is 14.9.